The molecule has 0 atom stereocenters. The van der Waals surface area contributed by atoms with Crippen molar-refractivity contribution in [1.29, 1.82) is 0 Å². The van der Waals surface area contributed by atoms with E-state index >= 15 is 0 Å². The second-order valence-corrected chi connectivity index (χ2v) is 5.60. The summed E-state index contributed by atoms with van der Waals surface area (Å²) in [7, 11) is 0. The second kappa shape index (κ2) is 7.31. The normalized spacial score (nSPS) is 17.0. The molecule has 1 N–H and O–H groups in total. The van der Waals surface area contributed by atoms with Crippen LogP contribution in [0.5, 0.6) is 5.88 Å². The monoisotopic (exact) mass is 322 g/mol. The topological polar surface area (TPSA) is 34.1 Å². The summed E-state index contributed by atoms with van der Waals surface area (Å²) < 4.78 is 42.8. The maximum absolute atomic E-state index is 12.5. The first-order valence-corrected chi connectivity index (χ1v) is 7.41. The van der Waals surface area contributed by atoms with Crippen LogP contribution in [0.25, 0.3) is 0 Å². The van der Waals surface area contributed by atoms with Crippen LogP contribution in [0.2, 0.25) is 5.02 Å². The molecule has 1 fully saturated rings. The molecule has 1 aromatic rings. The van der Waals surface area contributed by atoms with E-state index in [9.17, 15) is 13.2 Å². The first-order valence-electron chi connectivity index (χ1n) is 7.03. The summed E-state index contributed by atoms with van der Waals surface area (Å²) in [4.78, 5) is 3.64. The van der Waals surface area contributed by atoms with E-state index < -0.39 is 11.7 Å². The summed E-state index contributed by atoms with van der Waals surface area (Å²) >= 11 is 5.77. The molecule has 3 nitrogen and oxygen atoms in total. The Bertz CT molecular complexity index is 462. The lowest BCUT2D eigenvalue weighted by molar-refractivity contribution is -0.137. The molecule has 21 heavy (non-hydrogen) atoms. The molecule has 0 aliphatic carbocycles. The van der Waals surface area contributed by atoms with E-state index in [-0.39, 0.29) is 10.9 Å². The lowest BCUT2D eigenvalue weighted by Gasteiger charge is -2.22. The standard InChI is InChI=1S/C14H18ClF3N2O/c15-12-8-11(14(16,17)18)9-20-13(12)21-7-1-2-10-3-5-19-6-4-10/h8-10,19H,1-7H2. The fourth-order valence-corrected chi connectivity index (χ4v) is 2.62. The van der Waals surface area contributed by atoms with Crippen LogP contribution in [0.1, 0.15) is 31.2 Å². The molecule has 1 aliphatic heterocycles. The molecule has 1 aromatic heterocycles. The highest BCUT2D eigenvalue weighted by Gasteiger charge is 2.31. The average Bonchev–Trinajstić information content (AvgIpc) is 2.45. The van der Waals surface area contributed by atoms with E-state index in [0.717, 1.165) is 38.2 Å². The lowest BCUT2D eigenvalue weighted by atomic mass is 9.93. The quantitative estimate of drug-likeness (QED) is 0.835. The molecule has 0 unspecified atom stereocenters. The van der Waals surface area contributed by atoms with Crippen LogP contribution in [0, 0.1) is 5.92 Å². The number of nitrogens with one attached hydrogen (secondary N) is 1. The summed E-state index contributed by atoms with van der Waals surface area (Å²) in [6.07, 6.45) is 0.542. The van der Waals surface area contributed by atoms with E-state index in [0.29, 0.717) is 12.5 Å². The molecule has 2 heterocycles. The van der Waals surface area contributed by atoms with Gasteiger partial charge in [0.2, 0.25) is 5.88 Å². The summed E-state index contributed by atoms with van der Waals surface area (Å²) in [5.41, 5.74) is -0.866. The van der Waals surface area contributed by atoms with Crippen LogP contribution >= 0.6 is 11.6 Å². The number of rotatable bonds is 5. The van der Waals surface area contributed by atoms with Crippen molar-refractivity contribution in [3.63, 3.8) is 0 Å². The van der Waals surface area contributed by atoms with Gasteiger partial charge in [-0.1, -0.05) is 11.6 Å². The predicted octanol–water partition coefficient (Wildman–Crippen LogP) is 3.91. The Kier molecular flexibility index (Phi) is 5.70. The Hall–Kier alpha value is -1.01. The molecule has 7 heteroatoms. The van der Waals surface area contributed by atoms with Crippen molar-refractivity contribution >= 4 is 11.6 Å². The highest BCUT2D eigenvalue weighted by molar-refractivity contribution is 6.31. The van der Waals surface area contributed by atoms with Gasteiger partial charge in [-0.3, -0.25) is 0 Å². The Labute approximate surface area is 126 Å². The highest BCUT2D eigenvalue weighted by Crippen LogP contribution is 2.33. The molecule has 0 spiro atoms. The Balaban J connectivity index is 1.78. The Morgan fingerprint density at radius 3 is 2.67 bits per heavy atom. The van der Waals surface area contributed by atoms with Crippen LogP contribution < -0.4 is 10.1 Å². The number of halogens is 4. The molecular weight excluding hydrogens is 305 g/mol. The summed E-state index contributed by atoms with van der Waals surface area (Å²) in [6.45, 7) is 2.53. The fourth-order valence-electron chi connectivity index (χ4n) is 2.40. The smallest absolute Gasteiger partial charge is 0.417 e. The minimum atomic E-state index is -4.44. The van der Waals surface area contributed by atoms with Crippen molar-refractivity contribution in [2.75, 3.05) is 19.7 Å². The van der Waals surface area contributed by atoms with Gasteiger partial charge in [0, 0.05) is 6.20 Å². The third kappa shape index (κ3) is 5.04. The molecule has 1 saturated heterocycles. The van der Waals surface area contributed by atoms with E-state index in [1.165, 1.54) is 12.8 Å². The Morgan fingerprint density at radius 1 is 1.33 bits per heavy atom. The van der Waals surface area contributed by atoms with E-state index in [2.05, 4.69) is 10.3 Å². The van der Waals surface area contributed by atoms with Gasteiger partial charge in [-0.05, 0) is 50.8 Å². The van der Waals surface area contributed by atoms with Crippen molar-refractivity contribution in [3.05, 3.63) is 22.8 Å². The van der Waals surface area contributed by atoms with Crippen molar-refractivity contribution in [1.82, 2.24) is 10.3 Å². The van der Waals surface area contributed by atoms with Crippen LogP contribution in [0.15, 0.2) is 12.3 Å². The van der Waals surface area contributed by atoms with E-state index in [1.54, 1.807) is 0 Å². The number of ether oxygens (including phenoxy) is 1. The first-order chi connectivity index (χ1) is 9.97. The molecular formula is C14H18ClF3N2O. The molecule has 2 rings (SSSR count). The van der Waals surface area contributed by atoms with Crippen molar-refractivity contribution in [3.8, 4) is 5.88 Å². The van der Waals surface area contributed by atoms with Gasteiger partial charge in [-0.2, -0.15) is 13.2 Å². The number of alkyl halides is 3. The van der Waals surface area contributed by atoms with Crippen LogP contribution in [-0.4, -0.2) is 24.7 Å². The molecule has 118 valence electrons. The fraction of sp³-hybridized carbons (Fsp3) is 0.643. The third-order valence-corrected chi connectivity index (χ3v) is 3.86. The van der Waals surface area contributed by atoms with Gasteiger partial charge in [0.1, 0.15) is 5.02 Å². The molecule has 0 radical (unpaired) electrons. The van der Waals surface area contributed by atoms with Crippen LogP contribution in [0.4, 0.5) is 13.2 Å². The molecule has 0 amide bonds. The minimum Gasteiger partial charge on any atom is -0.477 e. The zero-order chi connectivity index (χ0) is 15.3. The third-order valence-electron chi connectivity index (χ3n) is 3.59. The van der Waals surface area contributed by atoms with Gasteiger partial charge >= 0.3 is 6.18 Å². The second-order valence-electron chi connectivity index (χ2n) is 5.19. The van der Waals surface area contributed by atoms with Crippen LogP contribution in [0.3, 0.4) is 0 Å². The number of nitrogens with zero attached hydrogens (tertiary/aromatic N) is 1. The summed E-state index contributed by atoms with van der Waals surface area (Å²) in [6, 6.07) is 0.844. The van der Waals surface area contributed by atoms with Gasteiger partial charge in [0.15, 0.2) is 0 Å². The zero-order valence-electron chi connectivity index (χ0n) is 11.5. The van der Waals surface area contributed by atoms with Gasteiger partial charge in [-0.15, -0.1) is 0 Å². The van der Waals surface area contributed by atoms with Crippen molar-refractivity contribution in [2.24, 2.45) is 5.92 Å². The van der Waals surface area contributed by atoms with E-state index in [1.807, 2.05) is 0 Å². The van der Waals surface area contributed by atoms with E-state index in [4.69, 9.17) is 16.3 Å². The van der Waals surface area contributed by atoms with Gasteiger partial charge in [-0.25, -0.2) is 4.98 Å². The molecule has 0 aromatic carbocycles. The zero-order valence-corrected chi connectivity index (χ0v) is 12.3. The number of pyridine rings is 1. The number of aromatic nitrogens is 1. The predicted molar refractivity (Wildman–Crippen MR) is 74.6 cm³/mol. The number of piperidine rings is 1. The summed E-state index contributed by atoms with van der Waals surface area (Å²) in [5, 5.41) is 3.20. The first kappa shape index (κ1) is 16.4. The largest absolute Gasteiger partial charge is 0.477 e. The van der Waals surface area contributed by atoms with Gasteiger partial charge in [0.25, 0.3) is 0 Å². The molecule has 1 aliphatic rings. The summed E-state index contributed by atoms with van der Waals surface area (Å²) in [5.74, 6) is 0.765. The van der Waals surface area contributed by atoms with Crippen LogP contribution in [-0.2, 0) is 6.18 Å². The molecule has 0 bridgehead atoms. The van der Waals surface area contributed by atoms with Gasteiger partial charge < -0.3 is 10.1 Å². The number of hydrogen-bond acceptors (Lipinski definition) is 3. The highest BCUT2D eigenvalue weighted by atomic mass is 35.5. The van der Waals surface area contributed by atoms with Crippen molar-refractivity contribution in [2.45, 2.75) is 31.9 Å². The SMILES string of the molecule is FC(F)(F)c1cnc(OCCCC2CCNCC2)c(Cl)c1. The maximum atomic E-state index is 12.5. The minimum absolute atomic E-state index is 0.0648. The lowest BCUT2D eigenvalue weighted by Crippen LogP contribution is -2.27. The average molecular weight is 323 g/mol. The Morgan fingerprint density at radius 2 is 2.05 bits per heavy atom. The van der Waals surface area contributed by atoms with Gasteiger partial charge in [0.05, 0.1) is 12.2 Å². The maximum Gasteiger partial charge on any atom is 0.417 e. The van der Waals surface area contributed by atoms with Crippen molar-refractivity contribution < 1.29 is 17.9 Å². The molecule has 0 saturated carbocycles. The number of hydrogen-bond donors (Lipinski definition) is 1.